The Balaban J connectivity index is 2.85. The molecule has 1 aromatic heterocycles. The molecule has 1 atom stereocenters. The van der Waals surface area contributed by atoms with Crippen LogP contribution in [0.2, 0.25) is 0 Å². The highest BCUT2D eigenvalue weighted by molar-refractivity contribution is 7.89. The molecule has 0 radical (unpaired) electrons. The SMILES string of the molecule is CC(C)(C)CC(CC(=O)O)NS(=O)(=O)c1ccsc1. The van der Waals surface area contributed by atoms with Crippen molar-refractivity contribution in [2.24, 2.45) is 5.41 Å². The van der Waals surface area contributed by atoms with Crippen LogP contribution >= 0.6 is 11.3 Å². The van der Waals surface area contributed by atoms with Gasteiger partial charge >= 0.3 is 5.97 Å². The van der Waals surface area contributed by atoms with Gasteiger partial charge in [0.15, 0.2) is 0 Å². The number of carbonyl (C=O) groups is 1. The van der Waals surface area contributed by atoms with E-state index >= 15 is 0 Å². The van der Waals surface area contributed by atoms with Gasteiger partial charge in [-0.05, 0) is 23.3 Å². The van der Waals surface area contributed by atoms with Crippen LogP contribution in [-0.4, -0.2) is 25.5 Å². The Hall–Kier alpha value is -0.920. The molecule has 5 nitrogen and oxygen atoms in total. The molecule has 0 saturated carbocycles. The Bertz CT molecular complexity index is 514. The zero-order valence-corrected chi connectivity index (χ0v) is 12.8. The van der Waals surface area contributed by atoms with Crippen molar-refractivity contribution < 1.29 is 18.3 Å². The van der Waals surface area contributed by atoms with Gasteiger partial charge in [-0.2, -0.15) is 11.3 Å². The average molecular weight is 305 g/mol. The van der Waals surface area contributed by atoms with Gasteiger partial charge in [0.1, 0.15) is 0 Å². The summed E-state index contributed by atoms with van der Waals surface area (Å²) in [5, 5.41) is 12.1. The van der Waals surface area contributed by atoms with Crippen LogP contribution in [0.3, 0.4) is 0 Å². The molecular weight excluding hydrogens is 286 g/mol. The lowest BCUT2D eigenvalue weighted by molar-refractivity contribution is -0.137. The molecule has 2 N–H and O–H groups in total. The molecule has 0 bridgehead atoms. The zero-order chi connectivity index (χ0) is 14.7. The minimum Gasteiger partial charge on any atom is -0.481 e. The first-order valence-corrected chi connectivity index (χ1v) is 8.29. The van der Waals surface area contributed by atoms with Crippen LogP contribution < -0.4 is 4.72 Å². The number of sulfonamides is 1. The molecular formula is C12H19NO4S2. The lowest BCUT2D eigenvalue weighted by Crippen LogP contribution is -2.38. The molecule has 0 spiro atoms. The summed E-state index contributed by atoms with van der Waals surface area (Å²) in [5.74, 6) is -1.01. The highest BCUT2D eigenvalue weighted by Gasteiger charge is 2.26. The van der Waals surface area contributed by atoms with Gasteiger partial charge in [-0.15, -0.1) is 0 Å². The second kappa shape index (κ2) is 6.02. The summed E-state index contributed by atoms with van der Waals surface area (Å²) in [5.41, 5.74) is -0.155. The molecule has 7 heteroatoms. The van der Waals surface area contributed by atoms with Gasteiger partial charge < -0.3 is 5.11 Å². The first-order chi connectivity index (χ1) is 8.60. The third kappa shape index (κ3) is 5.71. The van der Waals surface area contributed by atoms with Gasteiger partial charge in [0.05, 0.1) is 11.3 Å². The summed E-state index contributed by atoms with van der Waals surface area (Å²) in [6, 6.07) is 0.893. The molecule has 0 aromatic carbocycles. The van der Waals surface area contributed by atoms with Crippen molar-refractivity contribution >= 4 is 27.3 Å². The van der Waals surface area contributed by atoms with Crippen molar-refractivity contribution in [3.05, 3.63) is 16.8 Å². The maximum atomic E-state index is 12.1. The van der Waals surface area contributed by atoms with E-state index in [-0.39, 0.29) is 16.7 Å². The quantitative estimate of drug-likeness (QED) is 0.844. The van der Waals surface area contributed by atoms with E-state index in [1.807, 2.05) is 20.8 Å². The maximum absolute atomic E-state index is 12.1. The number of hydrogen-bond donors (Lipinski definition) is 2. The third-order valence-corrected chi connectivity index (χ3v) is 4.76. The zero-order valence-electron chi connectivity index (χ0n) is 11.2. The lowest BCUT2D eigenvalue weighted by atomic mass is 9.87. The number of rotatable bonds is 6. The number of hydrogen-bond acceptors (Lipinski definition) is 4. The summed E-state index contributed by atoms with van der Waals surface area (Å²) >= 11 is 1.29. The summed E-state index contributed by atoms with van der Waals surface area (Å²) in [6.07, 6.45) is 0.239. The van der Waals surface area contributed by atoms with Crippen molar-refractivity contribution in [1.29, 1.82) is 0 Å². The Morgan fingerprint density at radius 3 is 2.53 bits per heavy atom. The van der Waals surface area contributed by atoms with E-state index in [2.05, 4.69) is 4.72 Å². The van der Waals surface area contributed by atoms with Crippen LogP contribution in [0.5, 0.6) is 0 Å². The molecule has 0 aliphatic carbocycles. The predicted octanol–water partition coefficient (Wildman–Crippen LogP) is 2.31. The molecule has 1 aromatic rings. The lowest BCUT2D eigenvalue weighted by Gasteiger charge is -2.25. The molecule has 19 heavy (non-hydrogen) atoms. The Labute approximate surface area is 117 Å². The minimum absolute atomic E-state index is 0.155. The maximum Gasteiger partial charge on any atom is 0.304 e. The standard InChI is InChI=1S/C12H19NO4S2/c1-12(2,3)7-9(6-11(14)15)13-19(16,17)10-4-5-18-8-10/h4-5,8-9,13H,6-7H2,1-3H3,(H,14,15). The van der Waals surface area contributed by atoms with E-state index < -0.39 is 22.0 Å². The van der Waals surface area contributed by atoms with Gasteiger partial charge in [-0.1, -0.05) is 20.8 Å². The van der Waals surface area contributed by atoms with Gasteiger partial charge in [0.2, 0.25) is 10.0 Å². The van der Waals surface area contributed by atoms with Crippen molar-refractivity contribution in [3.8, 4) is 0 Å². The van der Waals surface area contributed by atoms with Crippen LogP contribution in [0.25, 0.3) is 0 Å². The first kappa shape index (κ1) is 16.1. The Kier molecular flexibility index (Phi) is 5.11. The van der Waals surface area contributed by atoms with E-state index in [0.717, 1.165) is 0 Å². The van der Waals surface area contributed by atoms with Crippen LogP contribution in [0.1, 0.15) is 33.6 Å². The number of thiophene rings is 1. The van der Waals surface area contributed by atoms with E-state index in [1.54, 1.807) is 5.38 Å². The van der Waals surface area contributed by atoms with Crippen molar-refractivity contribution in [2.45, 2.75) is 44.6 Å². The highest BCUT2D eigenvalue weighted by Crippen LogP contribution is 2.23. The fourth-order valence-corrected chi connectivity index (χ4v) is 4.06. The van der Waals surface area contributed by atoms with Crippen LogP contribution in [0.4, 0.5) is 0 Å². The second-order valence-electron chi connectivity index (χ2n) is 5.64. The van der Waals surface area contributed by atoms with Gasteiger partial charge in [-0.25, -0.2) is 13.1 Å². The van der Waals surface area contributed by atoms with E-state index in [9.17, 15) is 13.2 Å². The van der Waals surface area contributed by atoms with E-state index in [1.165, 1.54) is 22.8 Å². The summed E-state index contributed by atoms with van der Waals surface area (Å²) in [4.78, 5) is 11.0. The molecule has 0 amide bonds. The van der Waals surface area contributed by atoms with Gasteiger partial charge in [0.25, 0.3) is 0 Å². The third-order valence-electron chi connectivity index (χ3n) is 2.41. The molecule has 0 aliphatic heterocycles. The predicted molar refractivity (Wildman–Crippen MR) is 74.8 cm³/mol. The minimum atomic E-state index is -3.64. The second-order valence-corrected chi connectivity index (χ2v) is 8.13. The first-order valence-electron chi connectivity index (χ1n) is 5.86. The topological polar surface area (TPSA) is 83.5 Å². The fourth-order valence-electron chi connectivity index (χ4n) is 1.80. The average Bonchev–Trinajstić information content (AvgIpc) is 2.64. The summed E-state index contributed by atoms with van der Waals surface area (Å²) in [7, 11) is -3.64. The van der Waals surface area contributed by atoms with Gasteiger partial charge in [-0.3, -0.25) is 4.79 Å². The number of carboxylic acids is 1. The van der Waals surface area contributed by atoms with Crippen LogP contribution in [-0.2, 0) is 14.8 Å². The van der Waals surface area contributed by atoms with Crippen LogP contribution in [0.15, 0.2) is 21.7 Å². The smallest absolute Gasteiger partial charge is 0.304 e. The largest absolute Gasteiger partial charge is 0.481 e. The van der Waals surface area contributed by atoms with E-state index in [0.29, 0.717) is 6.42 Å². The van der Waals surface area contributed by atoms with Crippen molar-refractivity contribution in [2.75, 3.05) is 0 Å². The highest BCUT2D eigenvalue weighted by atomic mass is 32.2. The summed E-state index contributed by atoms with van der Waals surface area (Å²) in [6.45, 7) is 5.84. The molecule has 1 unspecified atom stereocenters. The monoisotopic (exact) mass is 305 g/mol. The molecule has 0 aliphatic rings. The summed E-state index contributed by atoms with van der Waals surface area (Å²) < 4.78 is 26.6. The Morgan fingerprint density at radius 2 is 2.11 bits per heavy atom. The fraction of sp³-hybridized carbons (Fsp3) is 0.583. The molecule has 0 saturated heterocycles. The number of aliphatic carboxylic acids is 1. The van der Waals surface area contributed by atoms with Crippen molar-refractivity contribution in [3.63, 3.8) is 0 Å². The molecule has 1 heterocycles. The van der Waals surface area contributed by atoms with Gasteiger partial charge in [0, 0.05) is 11.4 Å². The molecule has 0 fully saturated rings. The normalized spacial score (nSPS) is 14.3. The number of nitrogens with one attached hydrogen (secondary N) is 1. The number of carboxylic acid groups (broad SMARTS) is 1. The van der Waals surface area contributed by atoms with Crippen molar-refractivity contribution in [1.82, 2.24) is 4.72 Å². The van der Waals surface area contributed by atoms with Crippen LogP contribution in [0, 0.1) is 5.41 Å². The molecule has 1 rings (SSSR count). The van der Waals surface area contributed by atoms with E-state index in [4.69, 9.17) is 5.11 Å². The molecule has 108 valence electrons. The Morgan fingerprint density at radius 1 is 1.47 bits per heavy atom.